The zero-order valence-corrected chi connectivity index (χ0v) is 14.0. The minimum atomic E-state index is -0.980. The van der Waals surface area contributed by atoms with Gasteiger partial charge in [0.1, 0.15) is 0 Å². The third kappa shape index (κ3) is 2.68. The molecule has 26 heavy (non-hydrogen) atoms. The van der Waals surface area contributed by atoms with E-state index in [0.29, 0.717) is 23.6 Å². The fraction of sp³-hybridized carbons (Fsp3) is 0.316. The van der Waals surface area contributed by atoms with E-state index in [2.05, 4.69) is 0 Å². The van der Waals surface area contributed by atoms with Gasteiger partial charge in [-0.05, 0) is 42.4 Å². The van der Waals surface area contributed by atoms with Crippen molar-refractivity contribution in [2.75, 3.05) is 20.4 Å². The van der Waals surface area contributed by atoms with E-state index in [4.69, 9.17) is 9.47 Å². The first-order valence-corrected chi connectivity index (χ1v) is 8.23. The van der Waals surface area contributed by atoms with Crippen LogP contribution in [0.3, 0.4) is 0 Å². The third-order valence-electron chi connectivity index (χ3n) is 5.13. The number of likely N-dealkylation sites (tertiary alicyclic amines) is 1. The SMILES string of the molecule is CN1CC(c2ccc3c(c2)OCO3)C(C(=O)O)C1c1ccc(F)c(F)c1. The number of ether oxygens (including phenoxy) is 2. The lowest BCUT2D eigenvalue weighted by Gasteiger charge is -2.24. The molecule has 1 N–H and O–H groups in total. The van der Waals surface area contributed by atoms with Gasteiger partial charge in [0, 0.05) is 18.5 Å². The number of benzene rings is 2. The van der Waals surface area contributed by atoms with Crippen LogP contribution in [-0.4, -0.2) is 36.4 Å². The molecule has 2 aromatic carbocycles. The molecule has 0 spiro atoms. The number of halogens is 2. The monoisotopic (exact) mass is 361 g/mol. The van der Waals surface area contributed by atoms with Crippen molar-refractivity contribution in [3.05, 3.63) is 59.2 Å². The Balaban J connectivity index is 1.73. The van der Waals surface area contributed by atoms with Gasteiger partial charge in [-0.15, -0.1) is 0 Å². The maximum atomic E-state index is 13.7. The highest BCUT2D eigenvalue weighted by molar-refractivity contribution is 5.73. The standard InChI is InChI=1S/C19H17F2NO4/c1-22-8-12(10-3-5-15-16(7-10)26-9-25-15)17(19(23)24)18(22)11-2-4-13(20)14(21)6-11/h2-7,12,17-18H,8-9H2,1H3,(H,23,24). The molecule has 7 heteroatoms. The first-order valence-electron chi connectivity index (χ1n) is 8.23. The topological polar surface area (TPSA) is 59.0 Å². The highest BCUT2D eigenvalue weighted by atomic mass is 19.2. The first kappa shape index (κ1) is 16.8. The van der Waals surface area contributed by atoms with Gasteiger partial charge in [-0.3, -0.25) is 9.69 Å². The van der Waals surface area contributed by atoms with Crippen LogP contribution in [0.1, 0.15) is 23.1 Å². The second-order valence-corrected chi connectivity index (χ2v) is 6.64. The Morgan fingerprint density at radius 1 is 1.08 bits per heavy atom. The maximum Gasteiger partial charge on any atom is 0.309 e. The van der Waals surface area contributed by atoms with Crippen molar-refractivity contribution >= 4 is 5.97 Å². The molecule has 1 saturated heterocycles. The lowest BCUT2D eigenvalue weighted by atomic mass is 9.83. The Morgan fingerprint density at radius 3 is 2.54 bits per heavy atom. The molecule has 0 saturated carbocycles. The summed E-state index contributed by atoms with van der Waals surface area (Å²) in [5, 5.41) is 9.86. The van der Waals surface area contributed by atoms with E-state index in [1.54, 1.807) is 19.2 Å². The van der Waals surface area contributed by atoms with Crippen LogP contribution in [0.5, 0.6) is 11.5 Å². The van der Waals surface area contributed by atoms with E-state index >= 15 is 0 Å². The highest BCUT2D eigenvalue weighted by Crippen LogP contribution is 2.47. The molecule has 0 radical (unpaired) electrons. The largest absolute Gasteiger partial charge is 0.481 e. The van der Waals surface area contributed by atoms with E-state index in [9.17, 15) is 18.7 Å². The zero-order chi connectivity index (χ0) is 18.4. The fourth-order valence-electron chi connectivity index (χ4n) is 3.95. The summed E-state index contributed by atoms with van der Waals surface area (Å²) in [6, 6.07) is 8.39. The van der Waals surface area contributed by atoms with Crippen molar-refractivity contribution < 1.29 is 28.2 Å². The van der Waals surface area contributed by atoms with Gasteiger partial charge in [-0.2, -0.15) is 0 Å². The molecule has 2 aliphatic rings. The molecule has 0 amide bonds. The van der Waals surface area contributed by atoms with Crippen LogP contribution in [0.15, 0.2) is 36.4 Å². The molecular weight excluding hydrogens is 344 g/mol. The van der Waals surface area contributed by atoms with Gasteiger partial charge in [0.05, 0.1) is 5.92 Å². The Morgan fingerprint density at radius 2 is 1.81 bits per heavy atom. The smallest absolute Gasteiger partial charge is 0.309 e. The first-order chi connectivity index (χ1) is 12.5. The van der Waals surface area contributed by atoms with Gasteiger partial charge in [0.15, 0.2) is 23.1 Å². The summed E-state index contributed by atoms with van der Waals surface area (Å²) in [6.45, 7) is 0.615. The van der Waals surface area contributed by atoms with Gasteiger partial charge in [-0.25, -0.2) is 8.78 Å². The highest BCUT2D eigenvalue weighted by Gasteiger charge is 2.46. The summed E-state index contributed by atoms with van der Waals surface area (Å²) < 4.78 is 37.7. The molecular formula is C19H17F2NO4. The Hall–Kier alpha value is -2.67. The molecule has 5 nitrogen and oxygen atoms in total. The Labute approximate surface area is 148 Å². The normalized spacial score (nSPS) is 24.8. The quantitative estimate of drug-likeness (QED) is 0.910. The van der Waals surface area contributed by atoms with Crippen LogP contribution in [0.2, 0.25) is 0 Å². The van der Waals surface area contributed by atoms with E-state index in [-0.39, 0.29) is 12.7 Å². The van der Waals surface area contributed by atoms with Crippen LogP contribution in [0, 0.1) is 17.6 Å². The average molecular weight is 361 g/mol. The number of fused-ring (bicyclic) bond motifs is 1. The lowest BCUT2D eigenvalue weighted by molar-refractivity contribution is -0.143. The van der Waals surface area contributed by atoms with Crippen molar-refractivity contribution in [1.82, 2.24) is 4.90 Å². The predicted octanol–water partition coefficient (Wildman–Crippen LogP) is 3.16. The number of nitrogens with zero attached hydrogens (tertiary/aromatic N) is 1. The van der Waals surface area contributed by atoms with E-state index in [1.165, 1.54) is 6.07 Å². The van der Waals surface area contributed by atoms with Crippen LogP contribution in [-0.2, 0) is 4.79 Å². The lowest BCUT2D eigenvalue weighted by Crippen LogP contribution is -2.26. The summed E-state index contributed by atoms with van der Waals surface area (Å²) >= 11 is 0. The number of rotatable bonds is 3. The summed E-state index contributed by atoms with van der Waals surface area (Å²) in [5.74, 6) is -2.81. The number of carboxylic acid groups (broad SMARTS) is 1. The minimum absolute atomic E-state index is 0.142. The number of hydrogen-bond donors (Lipinski definition) is 1. The number of aliphatic carboxylic acids is 1. The molecule has 4 rings (SSSR count). The molecule has 2 aliphatic heterocycles. The van der Waals surface area contributed by atoms with Gasteiger partial charge in [0.2, 0.25) is 6.79 Å². The van der Waals surface area contributed by atoms with Crippen molar-refractivity contribution in [2.24, 2.45) is 5.92 Å². The molecule has 0 aliphatic carbocycles. The van der Waals surface area contributed by atoms with E-state index in [1.807, 2.05) is 11.0 Å². The van der Waals surface area contributed by atoms with Crippen LogP contribution in [0.4, 0.5) is 8.78 Å². The average Bonchev–Trinajstić information content (AvgIpc) is 3.20. The number of hydrogen-bond acceptors (Lipinski definition) is 4. The Bertz CT molecular complexity index is 873. The van der Waals surface area contributed by atoms with Gasteiger partial charge >= 0.3 is 5.97 Å². The minimum Gasteiger partial charge on any atom is -0.481 e. The van der Waals surface area contributed by atoms with Gasteiger partial charge in [0.25, 0.3) is 0 Å². The summed E-state index contributed by atoms with van der Waals surface area (Å²) in [4.78, 5) is 13.9. The second-order valence-electron chi connectivity index (χ2n) is 6.64. The number of carboxylic acids is 1. The molecule has 0 aromatic heterocycles. The van der Waals surface area contributed by atoms with Gasteiger partial charge in [-0.1, -0.05) is 12.1 Å². The molecule has 3 atom stereocenters. The van der Waals surface area contributed by atoms with Crippen LogP contribution >= 0.6 is 0 Å². The number of carbonyl (C=O) groups is 1. The van der Waals surface area contributed by atoms with Crippen molar-refractivity contribution in [1.29, 1.82) is 0 Å². The predicted molar refractivity (Wildman–Crippen MR) is 88.2 cm³/mol. The van der Waals surface area contributed by atoms with Crippen LogP contribution < -0.4 is 9.47 Å². The van der Waals surface area contributed by atoms with Crippen molar-refractivity contribution in [3.8, 4) is 11.5 Å². The fourth-order valence-corrected chi connectivity index (χ4v) is 3.95. The molecule has 2 heterocycles. The summed E-state index contributed by atoms with van der Waals surface area (Å²) in [6.07, 6.45) is 0. The summed E-state index contributed by atoms with van der Waals surface area (Å²) in [7, 11) is 1.79. The van der Waals surface area contributed by atoms with Crippen molar-refractivity contribution in [2.45, 2.75) is 12.0 Å². The van der Waals surface area contributed by atoms with E-state index in [0.717, 1.165) is 17.7 Å². The van der Waals surface area contributed by atoms with Crippen LogP contribution in [0.25, 0.3) is 0 Å². The molecule has 1 fully saturated rings. The molecule has 0 bridgehead atoms. The molecule has 3 unspecified atom stereocenters. The summed E-state index contributed by atoms with van der Waals surface area (Å²) in [5.41, 5.74) is 1.26. The molecule has 136 valence electrons. The number of likely N-dealkylation sites (N-methyl/N-ethyl adjacent to an activating group) is 1. The second kappa shape index (κ2) is 6.25. The maximum absolute atomic E-state index is 13.7. The van der Waals surface area contributed by atoms with Gasteiger partial charge < -0.3 is 14.6 Å². The third-order valence-corrected chi connectivity index (χ3v) is 5.13. The van der Waals surface area contributed by atoms with E-state index < -0.39 is 29.6 Å². The molecule has 2 aromatic rings. The zero-order valence-electron chi connectivity index (χ0n) is 14.0. The van der Waals surface area contributed by atoms with Crippen molar-refractivity contribution in [3.63, 3.8) is 0 Å². The Kier molecular flexibility index (Phi) is 4.03.